The molecule has 18 heavy (non-hydrogen) atoms. The van der Waals surface area contributed by atoms with E-state index in [1.807, 2.05) is 0 Å². The van der Waals surface area contributed by atoms with Crippen molar-refractivity contribution in [2.75, 3.05) is 7.05 Å². The van der Waals surface area contributed by atoms with Crippen molar-refractivity contribution in [1.82, 2.24) is 10.2 Å². The first kappa shape index (κ1) is 15.3. The summed E-state index contributed by atoms with van der Waals surface area (Å²) in [6, 6.07) is 3.14. The van der Waals surface area contributed by atoms with Gasteiger partial charge >= 0.3 is 0 Å². The van der Waals surface area contributed by atoms with Crippen LogP contribution in [0.1, 0.15) is 45.9 Å². The van der Waals surface area contributed by atoms with Crippen molar-refractivity contribution in [3.63, 3.8) is 0 Å². The SMILES string of the molecule is CC(C)NCc1occc1CN(C)C(C)C(C)C. The molecule has 104 valence electrons. The summed E-state index contributed by atoms with van der Waals surface area (Å²) in [5.41, 5.74) is 1.29. The maximum atomic E-state index is 5.57. The van der Waals surface area contributed by atoms with E-state index in [-0.39, 0.29) is 0 Å². The van der Waals surface area contributed by atoms with E-state index >= 15 is 0 Å². The Bertz CT molecular complexity index is 344. The molecule has 1 heterocycles. The second-order valence-electron chi connectivity index (χ2n) is 5.80. The first-order valence-corrected chi connectivity index (χ1v) is 6.90. The summed E-state index contributed by atoms with van der Waals surface area (Å²) < 4.78 is 5.57. The first-order valence-electron chi connectivity index (χ1n) is 6.90. The van der Waals surface area contributed by atoms with Gasteiger partial charge in [-0.2, -0.15) is 0 Å². The summed E-state index contributed by atoms with van der Waals surface area (Å²) in [4.78, 5) is 2.38. The first-order chi connectivity index (χ1) is 8.41. The van der Waals surface area contributed by atoms with Gasteiger partial charge in [0.15, 0.2) is 0 Å². The summed E-state index contributed by atoms with van der Waals surface area (Å²) in [5, 5.41) is 3.40. The Morgan fingerprint density at radius 1 is 1.22 bits per heavy atom. The van der Waals surface area contributed by atoms with Crippen molar-refractivity contribution in [3.05, 3.63) is 23.7 Å². The maximum Gasteiger partial charge on any atom is 0.122 e. The minimum absolute atomic E-state index is 0.482. The molecule has 1 unspecified atom stereocenters. The van der Waals surface area contributed by atoms with Crippen LogP contribution in [0.3, 0.4) is 0 Å². The number of nitrogens with zero attached hydrogens (tertiary/aromatic N) is 1. The van der Waals surface area contributed by atoms with E-state index in [0.717, 1.165) is 18.8 Å². The molecule has 0 bridgehead atoms. The predicted molar refractivity (Wildman–Crippen MR) is 76.5 cm³/mol. The molecule has 1 N–H and O–H groups in total. The minimum atomic E-state index is 0.482. The van der Waals surface area contributed by atoms with Gasteiger partial charge < -0.3 is 9.73 Å². The summed E-state index contributed by atoms with van der Waals surface area (Å²) >= 11 is 0. The second-order valence-corrected chi connectivity index (χ2v) is 5.80. The highest BCUT2D eigenvalue weighted by Crippen LogP contribution is 2.16. The van der Waals surface area contributed by atoms with Crippen LogP contribution in [0.15, 0.2) is 16.7 Å². The fraction of sp³-hybridized carbons (Fsp3) is 0.733. The molecule has 0 spiro atoms. The summed E-state index contributed by atoms with van der Waals surface area (Å²) in [6.07, 6.45) is 1.79. The van der Waals surface area contributed by atoms with E-state index in [0.29, 0.717) is 18.0 Å². The third-order valence-corrected chi connectivity index (χ3v) is 3.59. The lowest BCUT2D eigenvalue weighted by molar-refractivity contribution is 0.199. The molecule has 0 saturated carbocycles. The molecule has 0 aliphatic heterocycles. The average molecular weight is 252 g/mol. The van der Waals surface area contributed by atoms with Gasteiger partial charge in [-0.15, -0.1) is 0 Å². The van der Waals surface area contributed by atoms with E-state index in [4.69, 9.17) is 4.42 Å². The molecule has 1 aromatic rings. The molecule has 0 radical (unpaired) electrons. The number of nitrogens with one attached hydrogen (secondary N) is 1. The molecule has 1 rings (SSSR count). The molecule has 0 aromatic carbocycles. The smallest absolute Gasteiger partial charge is 0.122 e. The van der Waals surface area contributed by atoms with Crippen LogP contribution in [0, 0.1) is 5.92 Å². The van der Waals surface area contributed by atoms with Crippen LogP contribution in [0.5, 0.6) is 0 Å². The molecule has 3 nitrogen and oxygen atoms in total. The van der Waals surface area contributed by atoms with E-state index in [1.54, 1.807) is 6.26 Å². The molecule has 0 amide bonds. The molecule has 1 atom stereocenters. The van der Waals surface area contributed by atoms with E-state index in [9.17, 15) is 0 Å². The Kier molecular flexibility index (Phi) is 5.89. The quantitative estimate of drug-likeness (QED) is 0.807. The molecule has 1 aromatic heterocycles. The van der Waals surface area contributed by atoms with Crippen LogP contribution in [0.25, 0.3) is 0 Å². The van der Waals surface area contributed by atoms with Gasteiger partial charge in [0, 0.05) is 24.2 Å². The molecule has 0 saturated heterocycles. The average Bonchev–Trinajstić information content (AvgIpc) is 2.72. The Hall–Kier alpha value is -0.800. The van der Waals surface area contributed by atoms with Crippen LogP contribution in [0.2, 0.25) is 0 Å². The third-order valence-electron chi connectivity index (χ3n) is 3.59. The third kappa shape index (κ3) is 4.46. The number of hydrogen-bond donors (Lipinski definition) is 1. The van der Waals surface area contributed by atoms with Gasteiger partial charge in [0.05, 0.1) is 12.8 Å². The van der Waals surface area contributed by atoms with Gasteiger partial charge in [0.2, 0.25) is 0 Å². The summed E-state index contributed by atoms with van der Waals surface area (Å²) in [6.45, 7) is 12.9. The predicted octanol–water partition coefficient (Wildman–Crippen LogP) is 3.25. The minimum Gasteiger partial charge on any atom is -0.468 e. The Balaban J connectivity index is 2.59. The van der Waals surface area contributed by atoms with Gasteiger partial charge in [-0.1, -0.05) is 27.7 Å². The normalized spacial score (nSPS) is 13.8. The summed E-state index contributed by atoms with van der Waals surface area (Å²) in [5.74, 6) is 1.73. The topological polar surface area (TPSA) is 28.4 Å². The molecular formula is C15H28N2O. The monoisotopic (exact) mass is 252 g/mol. The van der Waals surface area contributed by atoms with Gasteiger partial charge in [0.1, 0.15) is 5.76 Å². The van der Waals surface area contributed by atoms with Crippen molar-refractivity contribution in [2.24, 2.45) is 5.92 Å². The Morgan fingerprint density at radius 3 is 2.44 bits per heavy atom. The van der Waals surface area contributed by atoms with Crippen molar-refractivity contribution >= 4 is 0 Å². The van der Waals surface area contributed by atoms with Crippen molar-refractivity contribution in [1.29, 1.82) is 0 Å². The second kappa shape index (κ2) is 6.95. The lowest BCUT2D eigenvalue weighted by atomic mass is 10.0. The Labute approximate surface area is 112 Å². The van der Waals surface area contributed by atoms with Crippen LogP contribution in [0.4, 0.5) is 0 Å². The lowest BCUT2D eigenvalue weighted by Crippen LogP contribution is -2.33. The zero-order valence-electron chi connectivity index (χ0n) is 12.7. The highest BCUT2D eigenvalue weighted by molar-refractivity contribution is 5.17. The standard InChI is InChI=1S/C15H28N2O/c1-11(2)13(5)17(6)10-14-7-8-18-15(14)9-16-12(3)4/h7-8,11-13,16H,9-10H2,1-6H3. The molecular weight excluding hydrogens is 224 g/mol. The van der Waals surface area contributed by atoms with E-state index in [1.165, 1.54) is 5.56 Å². The van der Waals surface area contributed by atoms with Gasteiger partial charge in [-0.25, -0.2) is 0 Å². The fourth-order valence-corrected chi connectivity index (χ4v) is 1.88. The van der Waals surface area contributed by atoms with Crippen molar-refractivity contribution in [2.45, 2.75) is 59.8 Å². The van der Waals surface area contributed by atoms with Crippen LogP contribution in [-0.2, 0) is 13.1 Å². The zero-order valence-corrected chi connectivity index (χ0v) is 12.7. The van der Waals surface area contributed by atoms with Crippen LogP contribution < -0.4 is 5.32 Å². The van der Waals surface area contributed by atoms with Gasteiger partial charge in [0.25, 0.3) is 0 Å². The largest absolute Gasteiger partial charge is 0.468 e. The van der Waals surface area contributed by atoms with Gasteiger partial charge in [-0.05, 0) is 26.0 Å². The van der Waals surface area contributed by atoms with Crippen LogP contribution >= 0.6 is 0 Å². The molecule has 0 aliphatic carbocycles. The fourth-order valence-electron chi connectivity index (χ4n) is 1.88. The van der Waals surface area contributed by atoms with Crippen molar-refractivity contribution < 1.29 is 4.42 Å². The van der Waals surface area contributed by atoms with E-state index < -0.39 is 0 Å². The van der Waals surface area contributed by atoms with Crippen molar-refractivity contribution in [3.8, 4) is 0 Å². The number of rotatable bonds is 7. The van der Waals surface area contributed by atoms with Gasteiger partial charge in [-0.3, -0.25) is 4.90 Å². The van der Waals surface area contributed by atoms with E-state index in [2.05, 4.69) is 57.9 Å². The molecule has 0 aliphatic rings. The zero-order chi connectivity index (χ0) is 13.7. The van der Waals surface area contributed by atoms with Crippen LogP contribution in [-0.4, -0.2) is 24.0 Å². The molecule has 3 heteroatoms. The maximum absolute atomic E-state index is 5.57. The highest BCUT2D eigenvalue weighted by atomic mass is 16.3. The lowest BCUT2D eigenvalue weighted by Gasteiger charge is -2.27. The highest BCUT2D eigenvalue weighted by Gasteiger charge is 2.16. The number of hydrogen-bond acceptors (Lipinski definition) is 3. The number of furan rings is 1. The summed E-state index contributed by atoms with van der Waals surface area (Å²) in [7, 11) is 2.18. The molecule has 0 fully saturated rings. The Morgan fingerprint density at radius 2 is 1.89 bits per heavy atom.